The number of amides is 1. The number of esters is 1. The molecule has 1 rings (SSSR count). The lowest BCUT2D eigenvalue weighted by molar-refractivity contribution is -0.152. The fourth-order valence-electron chi connectivity index (χ4n) is 3.00. The first-order valence-electron chi connectivity index (χ1n) is 11.2. The van der Waals surface area contributed by atoms with Crippen LogP contribution in [0.15, 0.2) is 4.99 Å². The summed E-state index contributed by atoms with van der Waals surface area (Å²) in [7, 11) is 0. The van der Waals surface area contributed by atoms with Crippen LogP contribution in [0.3, 0.4) is 0 Å². The Hall–Kier alpha value is -2.03. The van der Waals surface area contributed by atoms with Crippen LogP contribution in [0, 0.1) is 0 Å². The van der Waals surface area contributed by atoms with Crippen LogP contribution in [0.2, 0.25) is 0 Å². The van der Waals surface area contributed by atoms with Gasteiger partial charge in [0.2, 0.25) is 0 Å². The number of carbonyl (C=O) groups is 2. The molecule has 1 amide bonds. The topological polar surface area (TPSA) is 101 Å². The molecule has 0 spiro atoms. The number of aliphatic imine (C=N–C) groups is 1. The first-order chi connectivity index (χ1) is 14.4. The Labute approximate surface area is 187 Å². The van der Waals surface area contributed by atoms with E-state index in [1.807, 2.05) is 48.5 Å². The molecule has 1 fully saturated rings. The van der Waals surface area contributed by atoms with E-state index in [1.54, 1.807) is 0 Å². The summed E-state index contributed by atoms with van der Waals surface area (Å²) in [5.41, 5.74) is -1.00. The molecule has 0 aromatic carbocycles. The van der Waals surface area contributed by atoms with Crippen molar-refractivity contribution in [3.05, 3.63) is 0 Å². The maximum atomic E-state index is 12.0. The van der Waals surface area contributed by atoms with Gasteiger partial charge in [0.15, 0.2) is 5.96 Å². The highest BCUT2D eigenvalue weighted by atomic mass is 16.6. The molecule has 0 aliphatic carbocycles. The van der Waals surface area contributed by atoms with Gasteiger partial charge in [0, 0.05) is 32.8 Å². The first-order valence-corrected chi connectivity index (χ1v) is 11.2. The molecule has 0 saturated carbocycles. The van der Waals surface area contributed by atoms with Gasteiger partial charge < -0.3 is 29.7 Å². The number of rotatable bonds is 8. The van der Waals surface area contributed by atoms with Gasteiger partial charge in [0.25, 0.3) is 0 Å². The van der Waals surface area contributed by atoms with Crippen LogP contribution < -0.4 is 10.6 Å². The number of carbonyl (C=O) groups excluding carboxylic acids is 2. The van der Waals surface area contributed by atoms with Crippen molar-refractivity contribution in [3.8, 4) is 0 Å². The normalized spacial score (nSPS) is 16.1. The largest absolute Gasteiger partial charge is 0.459 e. The van der Waals surface area contributed by atoms with Crippen LogP contribution in [0.5, 0.6) is 0 Å². The number of guanidine groups is 1. The minimum absolute atomic E-state index is 0.000675. The zero-order valence-electron chi connectivity index (χ0n) is 20.4. The summed E-state index contributed by atoms with van der Waals surface area (Å²) in [5.74, 6) is 0.398. The molecule has 2 N–H and O–H groups in total. The van der Waals surface area contributed by atoms with E-state index in [2.05, 4.69) is 20.5 Å². The van der Waals surface area contributed by atoms with E-state index >= 15 is 0 Å². The number of piperidine rings is 1. The SMILES string of the molecule is CCNC(=NCC(=O)OC(C)(C)C)N1CCC(OCCCNC(=O)OC(C)(C)C)CC1. The second-order valence-corrected chi connectivity index (χ2v) is 9.60. The molecule has 1 saturated heterocycles. The van der Waals surface area contributed by atoms with Crippen molar-refractivity contribution in [2.45, 2.75) is 85.0 Å². The number of alkyl carbamates (subject to hydrolysis) is 1. The predicted molar refractivity (Wildman–Crippen MR) is 121 cm³/mol. The minimum atomic E-state index is -0.511. The van der Waals surface area contributed by atoms with Crippen molar-refractivity contribution < 1.29 is 23.8 Å². The Morgan fingerprint density at radius 2 is 1.61 bits per heavy atom. The second kappa shape index (κ2) is 12.7. The Balaban J connectivity index is 2.32. The Morgan fingerprint density at radius 1 is 1.00 bits per heavy atom. The van der Waals surface area contributed by atoms with Crippen molar-refractivity contribution in [1.29, 1.82) is 0 Å². The summed E-state index contributed by atoms with van der Waals surface area (Å²) in [6.07, 6.45) is 2.29. The van der Waals surface area contributed by atoms with Gasteiger partial charge in [-0.3, -0.25) is 4.79 Å². The molecule has 9 nitrogen and oxygen atoms in total. The highest BCUT2D eigenvalue weighted by molar-refractivity contribution is 5.83. The molecule has 0 radical (unpaired) electrons. The van der Waals surface area contributed by atoms with Crippen LogP contribution in [0.25, 0.3) is 0 Å². The van der Waals surface area contributed by atoms with Crippen LogP contribution in [0.4, 0.5) is 4.79 Å². The zero-order chi connectivity index (χ0) is 23.5. The third-order valence-electron chi connectivity index (χ3n) is 4.20. The summed E-state index contributed by atoms with van der Waals surface area (Å²) < 4.78 is 16.5. The number of likely N-dealkylation sites (tertiary alicyclic amines) is 1. The van der Waals surface area contributed by atoms with Gasteiger partial charge >= 0.3 is 12.1 Å². The molecule has 180 valence electrons. The van der Waals surface area contributed by atoms with Crippen LogP contribution in [0.1, 0.15) is 67.7 Å². The number of hydrogen-bond donors (Lipinski definition) is 2. The number of nitrogens with one attached hydrogen (secondary N) is 2. The number of nitrogens with zero attached hydrogens (tertiary/aromatic N) is 2. The van der Waals surface area contributed by atoms with E-state index in [-0.39, 0.29) is 18.6 Å². The number of ether oxygens (including phenoxy) is 3. The van der Waals surface area contributed by atoms with E-state index in [0.29, 0.717) is 13.2 Å². The smallest absolute Gasteiger partial charge is 0.407 e. The summed E-state index contributed by atoms with van der Waals surface area (Å²) in [4.78, 5) is 30.2. The van der Waals surface area contributed by atoms with Gasteiger partial charge in [-0.15, -0.1) is 0 Å². The Morgan fingerprint density at radius 3 is 2.16 bits per heavy atom. The first kappa shape index (κ1) is 27.0. The molecule has 0 aromatic heterocycles. The second-order valence-electron chi connectivity index (χ2n) is 9.60. The zero-order valence-corrected chi connectivity index (χ0v) is 20.4. The fourth-order valence-corrected chi connectivity index (χ4v) is 3.00. The van der Waals surface area contributed by atoms with Gasteiger partial charge in [0.05, 0.1) is 6.10 Å². The van der Waals surface area contributed by atoms with Gasteiger partial charge in [-0.25, -0.2) is 9.79 Å². The third kappa shape index (κ3) is 13.1. The quantitative estimate of drug-likeness (QED) is 0.258. The average Bonchev–Trinajstić information content (AvgIpc) is 2.62. The summed E-state index contributed by atoms with van der Waals surface area (Å²) in [6.45, 7) is 16.5. The van der Waals surface area contributed by atoms with Gasteiger partial charge in [-0.1, -0.05) is 0 Å². The van der Waals surface area contributed by atoms with Crippen molar-refractivity contribution >= 4 is 18.0 Å². The monoisotopic (exact) mass is 442 g/mol. The molecule has 1 aliphatic heterocycles. The average molecular weight is 443 g/mol. The van der Waals surface area contributed by atoms with Crippen molar-refractivity contribution in [2.24, 2.45) is 4.99 Å². The number of hydrogen-bond acceptors (Lipinski definition) is 6. The molecule has 1 heterocycles. The molecular formula is C22H42N4O5. The lowest BCUT2D eigenvalue weighted by Crippen LogP contribution is -2.47. The maximum absolute atomic E-state index is 12.0. The van der Waals surface area contributed by atoms with Crippen LogP contribution in [-0.2, 0) is 19.0 Å². The standard InChI is InChI=1S/C22H42N4O5/c1-8-23-19(25-16-18(27)30-21(2,3)4)26-13-10-17(11-14-26)29-15-9-12-24-20(28)31-22(5,6)7/h17H,8-16H2,1-7H3,(H,23,25)(H,24,28). The fraction of sp³-hybridized carbons (Fsp3) is 0.864. The van der Waals surface area contributed by atoms with E-state index in [9.17, 15) is 9.59 Å². The molecule has 31 heavy (non-hydrogen) atoms. The van der Waals surface area contributed by atoms with Gasteiger partial charge in [0.1, 0.15) is 17.7 Å². The van der Waals surface area contributed by atoms with Crippen LogP contribution in [-0.4, -0.2) is 79.6 Å². The van der Waals surface area contributed by atoms with Crippen molar-refractivity contribution in [3.63, 3.8) is 0 Å². The Bertz CT molecular complexity index is 588. The minimum Gasteiger partial charge on any atom is -0.459 e. The lowest BCUT2D eigenvalue weighted by atomic mass is 10.1. The molecule has 1 aliphatic rings. The molecular weight excluding hydrogens is 400 g/mol. The predicted octanol–water partition coefficient (Wildman–Crippen LogP) is 2.69. The molecule has 0 atom stereocenters. The highest BCUT2D eigenvalue weighted by Gasteiger charge is 2.23. The molecule has 0 aromatic rings. The van der Waals surface area contributed by atoms with E-state index < -0.39 is 17.3 Å². The van der Waals surface area contributed by atoms with Crippen molar-refractivity contribution in [2.75, 3.05) is 39.3 Å². The summed E-state index contributed by atoms with van der Waals surface area (Å²) >= 11 is 0. The van der Waals surface area contributed by atoms with Gasteiger partial charge in [-0.2, -0.15) is 0 Å². The van der Waals surface area contributed by atoms with Crippen LogP contribution >= 0.6 is 0 Å². The third-order valence-corrected chi connectivity index (χ3v) is 4.20. The van der Waals surface area contributed by atoms with Gasteiger partial charge in [-0.05, 0) is 67.7 Å². The van der Waals surface area contributed by atoms with Crippen molar-refractivity contribution in [1.82, 2.24) is 15.5 Å². The molecule has 0 unspecified atom stereocenters. The summed E-state index contributed by atoms with van der Waals surface area (Å²) in [6, 6.07) is 0. The van der Waals surface area contributed by atoms with E-state index in [4.69, 9.17) is 14.2 Å². The molecule has 9 heteroatoms. The maximum Gasteiger partial charge on any atom is 0.407 e. The van der Waals surface area contributed by atoms with E-state index in [1.165, 1.54) is 0 Å². The highest BCUT2D eigenvalue weighted by Crippen LogP contribution is 2.14. The van der Waals surface area contributed by atoms with E-state index in [0.717, 1.165) is 44.9 Å². The molecule has 0 bridgehead atoms. The summed E-state index contributed by atoms with van der Waals surface area (Å²) in [5, 5.41) is 5.99. The Kier molecular flexibility index (Phi) is 11.1. The lowest BCUT2D eigenvalue weighted by Gasteiger charge is -2.34.